The van der Waals surface area contributed by atoms with Crippen molar-refractivity contribution in [2.24, 2.45) is 0 Å². The summed E-state index contributed by atoms with van der Waals surface area (Å²) in [5.74, 6) is -0.931. The second-order valence-electron chi connectivity index (χ2n) is 7.50. The molecule has 1 heterocycles. The molecule has 0 spiro atoms. The zero-order chi connectivity index (χ0) is 23.1. The van der Waals surface area contributed by atoms with Gasteiger partial charge in [-0.25, -0.2) is 4.79 Å². The first kappa shape index (κ1) is 23.6. The number of rotatable bonds is 7. The van der Waals surface area contributed by atoms with E-state index in [0.717, 1.165) is 5.69 Å². The Labute approximate surface area is 184 Å². The molecule has 3 rings (SSSR count). The minimum absolute atomic E-state index is 0.207. The molecule has 32 heavy (non-hydrogen) atoms. The van der Waals surface area contributed by atoms with Crippen molar-refractivity contribution < 1.29 is 32.2 Å². The minimum atomic E-state index is -4.39. The van der Waals surface area contributed by atoms with E-state index in [4.69, 9.17) is 4.74 Å². The third-order valence-corrected chi connectivity index (χ3v) is 5.07. The number of halogens is 3. The van der Waals surface area contributed by atoms with Crippen LogP contribution in [0.2, 0.25) is 0 Å². The average molecular weight is 450 g/mol. The number of piperazine rings is 1. The predicted molar refractivity (Wildman–Crippen MR) is 112 cm³/mol. The number of hydrogen-bond donors (Lipinski definition) is 0. The Morgan fingerprint density at radius 1 is 0.969 bits per heavy atom. The Kier molecular flexibility index (Phi) is 7.74. The summed E-state index contributed by atoms with van der Waals surface area (Å²) in [6, 6.07) is 15.8. The number of anilines is 1. The molecule has 0 aromatic heterocycles. The maximum atomic E-state index is 12.7. The number of benzene rings is 2. The zero-order valence-corrected chi connectivity index (χ0v) is 17.7. The number of carbonyl (C=O) groups excluding carboxylic acids is 2. The summed E-state index contributed by atoms with van der Waals surface area (Å²) >= 11 is 0. The van der Waals surface area contributed by atoms with Crippen molar-refractivity contribution in [2.45, 2.75) is 25.8 Å². The van der Waals surface area contributed by atoms with E-state index in [9.17, 15) is 22.8 Å². The van der Waals surface area contributed by atoms with Crippen molar-refractivity contribution in [3.05, 3.63) is 65.7 Å². The van der Waals surface area contributed by atoms with Crippen molar-refractivity contribution in [3.8, 4) is 0 Å². The van der Waals surface area contributed by atoms with Crippen LogP contribution < -0.4 is 4.90 Å². The normalized spacial score (nSPS) is 15.4. The second kappa shape index (κ2) is 10.5. The third-order valence-electron chi connectivity index (χ3n) is 5.07. The number of nitrogens with zero attached hydrogens (tertiary/aromatic N) is 2. The summed E-state index contributed by atoms with van der Waals surface area (Å²) in [7, 11) is 0. The highest BCUT2D eigenvalue weighted by molar-refractivity contribution is 5.92. The largest absolute Gasteiger partial charge is 0.449 e. The highest BCUT2D eigenvalue weighted by Gasteiger charge is 2.28. The first-order valence-corrected chi connectivity index (χ1v) is 10.3. The Morgan fingerprint density at radius 2 is 1.59 bits per heavy atom. The van der Waals surface area contributed by atoms with E-state index in [2.05, 4.69) is 9.64 Å². The van der Waals surface area contributed by atoms with E-state index in [1.54, 1.807) is 4.90 Å². The summed E-state index contributed by atoms with van der Waals surface area (Å²) < 4.78 is 46.3. The molecular formula is C23H25F3N2O4. The molecule has 1 atom stereocenters. The third kappa shape index (κ3) is 6.71. The second-order valence-corrected chi connectivity index (χ2v) is 7.50. The molecule has 1 saturated heterocycles. The maximum absolute atomic E-state index is 12.7. The smallest absolute Gasteiger partial charge is 0.411 e. The van der Waals surface area contributed by atoms with Gasteiger partial charge in [-0.1, -0.05) is 30.3 Å². The number of amides is 1. The van der Waals surface area contributed by atoms with Crippen LogP contribution >= 0.6 is 0 Å². The van der Waals surface area contributed by atoms with Gasteiger partial charge < -0.3 is 19.3 Å². The number of carbonyl (C=O) groups is 2. The quantitative estimate of drug-likeness (QED) is 0.603. The van der Waals surface area contributed by atoms with Crippen LogP contribution in [0.5, 0.6) is 0 Å². The van der Waals surface area contributed by atoms with Crippen LogP contribution in [0.3, 0.4) is 0 Å². The first-order chi connectivity index (χ1) is 15.2. The first-order valence-electron chi connectivity index (χ1n) is 10.3. The molecular weight excluding hydrogens is 425 g/mol. The van der Waals surface area contributed by atoms with Gasteiger partial charge in [0.25, 0.3) is 5.91 Å². The Morgan fingerprint density at radius 3 is 2.19 bits per heavy atom. The number of ether oxygens (including phenoxy) is 2. The monoisotopic (exact) mass is 450 g/mol. The fourth-order valence-electron chi connectivity index (χ4n) is 3.38. The topological polar surface area (TPSA) is 59.1 Å². The lowest BCUT2D eigenvalue weighted by atomic mass is 10.1. The molecule has 2 aromatic rings. The summed E-state index contributed by atoms with van der Waals surface area (Å²) in [6.07, 6.45) is -5.33. The van der Waals surface area contributed by atoms with Gasteiger partial charge in [0.2, 0.25) is 0 Å². The van der Waals surface area contributed by atoms with Gasteiger partial charge in [0.05, 0.1) is 12.2 Å². The van der Waals surface area contributed by atoms with Gasteiger partial charge in [0.15, 0.2) is 6.10 Å². The Hall–Kier alpha value is -3.07. The molecule has 0 bridgehead atoms. The predicted octanol–water partition coefficient (Wildman–Crippen LogP) is 3.66. The van der Waals surface area contributed by atoms with Gasteiger partial charge in [0.1, 0.15) is 6.61 Å². The van der Waals surface area contributed by atoms with Crippen LogP contribution in [0.25, 0.3) is 0 Å². The van der Waals surface area contributed by atoms with Gasteiger partial charge in [-0.2, -0.15) is 13.2 Å². The molecule has 1 aliphatic rings. The van der Waals surface area contributed by atoms with Crippen LogP contribution in [-0.4, -0.2) is 61.8 Å². The molecule has 1 aliphatic heterocycles. The van der Waals surface area contributed by atoms with Gasteiger partial charge in [-0.3, -0.25) is 4.79 Å². The SMILES string of the molecule is CC(OC(=O)c1ccc(COCC(F)(F)F)cc1)C(=O)N1CCN(c2ccccc2)CC1. The van der Waals surface area contributed by atoms with Crippen molar-refractivity contribution in [1.29, 1.82) is 0 Å². The number of hydrogen-bond acceptors (Lipinski definition) is 5. The van der Waals surface area contributed by atoms with Gasteiger partial charge >= 0.3 is 12.1 Å². The van der Waals surface area contributed by atoms with Crippen LogP contribution in [0.1, 0.15) is 22.8 Å². The Bertz CT molecular complexity index is 896. The van der Waals surface area contributed by atoms with E-state index >= 15 is 0 Å². The highest BCUT2D eigenvalue weighted by Crippen LogP contribution is 2.18. The van der Waals surface area contributed by atoms with Crippen molar-refractivity contribution >= 4 is 17.6 Å². The van der Waals surface area contributed by atoms with Crippen LogP contribution in [0.15, 0.2) is 54.6 Å². The lowest BCUT2D eigenvalue weighted by Gasteiger charge is -2.37. The van der Waals surface area contributed by atoms with Crippen LogP contribution in [-0.2, 0) is 20.9 Å². The molecule has 0 radical (unpaired) electrons. The van der Waals surface area contributed by atoms with Crippen molar-refractivity contribution in [1.82, 2.24) is 4.90 Å². The van der Waals surface area contributed by atoms with Crippen molar-refractivity contribution in [2.75, 3.05) is 37.7 Å². The van der Waals surface area contributed by atoms with E-state index in [1.807, 2.05) is 30.3 Å². The summed E-state index contributed by atoms with van der Waals surface area (Å²) in [5.41, 5.74) is 1.80. The maximum Gasteiger partial charge on any atom is 0.411 e. The van der Waals surface area contributed by atoms with Gasteiger partial charge in [-0.15, -0.1) is 0 Å². The Balaban J connectivity index is 1.46. The lowest BCUT2D eigenvalue weighted by Crippen LogP contribution is -2.51. The van der Waals surface area contributed by atoms with Crippen molar-refractivity contribution in [3.63, 3.8) is 0 Å². The average Bonchev–Trinajstić information content (AvgIpc) is 2.79. The molecule has 0 saturated carbocycles. The van der Waals surface area contributed by atoms with Gasteiger partial charge in [0, 0.05) is 31.9 Å². The lowest BCUT2D eigenvalue weighted by molar-refractivity contribution is -0.176. The van der Waals surface area contributed by atoms with Gasteiger partial charge in [-0.05, 0) is 36.8 Å². The molecule has 1 unspecified atom stereocenters. The van der Waals surface area contributed by atoms with Crippen LogP contribution in [0, 0.1) is 0 Å². The fourth-order valence-corrected chi connectivity index (χ4v) is 3.38. The molecule has 1 fully saturated rings. The number of esters is 1. The summed E-state index contributed by atoms with van der Waals surface area (Å²) in [4.78, 5) is 28.9. The standard InChI is InChI=1S/C23H25F3N2O4/c1-17(21(29)28-13-11-27(12-14-28)20-5-3-2-4-6-20)32-22(30)19-9-7-18(8-10-19)15-31-16-23(24,25)26/h2-10,17H,11-16H2,1H3. The molecule has 0 aliphatic carbocycles. The molecule has 172 valence electrons. The van der Waals surface area contributed by atoms with E-state index in [0.29, 0.717) is 31.7 Å². The molecule has 9 heteroatoms. The molecule has 0 N–H and O–H groups in total. The fraction of sp³-hybridized carbons (Fsp3) is 0.391. The molecule has 2 aromatic carbocycles. The van der Waals surface area contributed by atoms with E-state index in [-0.39, 0.29) is 18.1 Å². The van der Waals surface area contributed by atoms with Crippen LogP contribution in [0.4, 0.5) is 18.9 Å². The summed E-state index contributed by atoms with van der Waals surface area (Å²) in [6.45, 7) is 2.41. The number of alkyl halides is 3. The molecule has 1 amide bonds. The zero-order valence-electron chi connectivity index (χ0n) is 17.7. The van der Waals surface area contributed by atoms with E-state index < -0.39 is 24.9 Å². The number of para-hydroxylation sites is 1. The van der Waals surface area contributed by atoms with E-state index in [1.165, 1.54) is 31.2 Å². The highest BCUT2D eigenvalue weighted by atomic mass is 19.4. The molecule has 6 nitrogen and oxygen atoms in total. The minimum Gasteiger partial charge on any atom is -0.449 e. The summed E-state index contributed by atoms with van der Waals surface area (Å²) in [5, 5.41) is 0.